The highest BCUT2D eigenvalue weighted by atomic mass is 16.1. The Balaban J connectivity index is 1.76. The second kappa shape index (κ2) is 11.4. The molecule has 0 bridgehead atoms. The first-order chi connectivity index (χ1) is 21.3. The van der Waals surface area contributed by atoms with Crippen LogP contribution in [0.5, 0.6) is 0 Å². The standard InChI is InChI=1S/C42H30O/c43-41(35-27-15-5-16-28-35)42(36-29-17-6-18-30-36)39(33-23-11-3-12-24-33)37(31-19-7-1-8-20-31)38(32-21-9-2-10-22-32)40(42)34-25-13-4-14-26-34/h1-30H. The fourth-order valence-electron chi connectivity index (χ4n) is 6.61. The molecule has 0 spiro atoms. The monoisotopic (exact) mass is 550 g/mol. The predicted octanol–water partition coefficient (Wildman–Crippen LogP) is 10.0. The van der Waals surface area contributed by atoms with Crippen LogP contribution in [-0.2, 0) is 5.41 Å². The van der Waals surface area contributed by atoms with Crippen molar-refractivity contribution in [2.24, 2.45) is 0 Å². The summed E-state index contributed by atoms with van der Waals surface area (Å²) in [4.78, 5) is 15.6. The summed E-state index contributed by atoms with van der Waals surface area (Å²) in [5, 5.41) is 0. The Morgan fingerprint density at radius 1 is 0.349 bits per heavy atom. The van der Waals surface area contributed by atoms with E-state index < -0.39 is 5.41 Å². The van der Waals surface area contributed by atoms with Gasteiger partial charge in [-0.3, -0.25) is 4.79 Å². The van der Waals surface area contributed by atoms with Gasteiger partial charge in [0.25, 0.3) is 0 Å². The molecule has 0 fully saturated rings. The molecule has 0 amide bonds. The number of benzene rings is 6. The molecule has 0 atom stereocenters. The molecular formula is C42H30O. The highest BCUT2D eigenvalue weighted by Gasteiger charge is 2.54. The molecule has 6 aromatic rings. The summed E-state index contributed by atoms with van der Waals surface area (Å²) in [5.41, 5.74) is 8.82. The smallest absolute Gasteiger partial charge is 0.182 e. The average molecular weight is 551 g/mol. The topological polar surface area (TPSA) is 17.1 Å². The Labute approximate surface area is 253 Å². The van der Waals surface area contributed by atoms with Gasteiger partial charge in [0.15, 0.2) is 5.78 Å². The average Bonchev–Trinajstić information content (AvgIpc) is 3.43. The van der Waals surface area contributed by atoms with Crippen LogP contribution in [0, 0.1) is 0 Å². The van der Waals surface area contributed by atoms with Crippen molar-refractivity contribution < 1.29 is 4.79 Å². The second-order valence-electron chi connectivity index (χ2n) is 10.8. The molecule has 0 aliphatic heterocycles. The van der Waals surface area contributed by atoms with E-state index in [1.165, 1.54) is 0 Å². The lowest BCUT2D eigenvalue weighted by Gasteiger charge is -2.36. The van der Waals surface area contributed by atoms with E-state index in [9.17, 15) is 0 Å². The van der Waals surface area contributed by atoms with Crippen molar-refractivity contribution in [3.8, 4) is 0 Å². The fraction of sp³-hybridized carbons (Fsp3) is 0.0238. The van der Waals surface area contributed by atoms with Gasteiger partial charge >= 0.3 is 0 Å². The van der Waals surface area contributed by atoms with Crippen molar-refractivity contribution in [3.05, 3.63) is 215 Å². The number of rotatable bonds is 7. The van der Waals surface area contributed by atoms with E-state index in [-0.39, 0.29) is 5.78 Å². The van der Waals surface area contributed by atoms with Crippen molar-refractivity contribution in [1.82, 2.24) is 0 Å². The lowest BCUT2D eigenvalue weighted by atomic mass is 9.63. The van der Waals surface area contributed by atoms with Crippen LogP contribution in [0.4, 0.5) is 0 Å². The maximum atomic E-state index is 15.6. The zero-order valence-corrected chi connectivity index (χ0v) is 23.7. The van der Waals surface area contributed by atoms with Crippen molar-refractivity contribution in [2.75, 3.05) is 0 Å². The first kappa shape index (κ1) is 26.4. The predicted molar refractivity (Wildman–Crippen MR) is 178 cm³/mol. The van der Waals surface area contributed by atoms with Gasteiger partial charge in [-0.1, -0.05) is 182 Å². The van der Waals surface area contributed by atoms with E-state index in [4.69, 9.17) is 0 Å². The van der Waals surface area contributed by atoms with Crippen LogP contribution < -0.4 is 0 Å². The van der Waals surface area contributed by atoms with Crippen LogP contribution in [0.2, 0.25) is 0 Å². The number of allylic oxidation sites excluding steroid dienone is 4. The zero-order chi connectivity index (χ0) is 29.1. The third-order valence-corrected chi connectivity index (χ3v) is 8.33. The summed E-state index contributed by atoms with van der Waals surface area (Å²) >= 11 is 0. The molecule has 1 aliphatic carbocycles. The van der Waals surface area contributed by atoms with Gasteiger partial charge in [0.1, 0.15) is 5.41 Å². The first-order valence-corrected chi connectivity index (χ1v) is 14.7. The third kappa shape index (κ3) is 4.47. The van der Waals surface area contributed by atoms with Gasteiger partial charge in [-0.05, 0) is 50.1 Å². The summed E-state index contributed by atoms with van der Waals surface area (Å²) in [6, 6.07) is 62.1. The Morgan fingerprint density at radius 2 is 0.651 bits per heavy atom. The second-order valence-corrected chi connectivity index (χ2v) is 10.8. The van der Waals surface area contributed by atoms with Gasteiger partial charge in [0.05, 0.1) is 0 Å². The molecule has 0 saturated carbocycles. The molecule has 1 heteroatoms. The van der Waals surface area contributed by atoms with Gasteiger partial charge in [-0.2, -0.15) is 0 Å². The van der Waals surface area contributed by atoms with Crippen LogP contribution in [-0.4, -0.2) is 5.78 Å². The van der Waals surface area contributed by atoms with Gasteiger partial charge in [0, 0.05) is 5.56 Å². The zero-order valence-electron chi connectivity index (χ0n) is 23.7. The molecule has 1 aliphatic rings. The molecule has 0 N–H and O–H groups in total. The first-order valence-electron chi connectivity index (χ1n) is 14.7. The largest absolute Gasteiger partial charge is 0.292 e. The Kier molecular flexibility index (Phi) is 6.99. The summed E-state index contributed by atoms with van der Waals surface area (Å²) in [6.07, 6.45) is 0. The molecule has 0 radical (unpaired) electrons. The quantitative estimate of drug-likeness (QED) is 0.181. The third-order valence-electron chi connectivity index (χ3n) is 8.33. The van der Waals surface area contributed by atoms with E-state index in [1.807, 2.05) is 72.8 Å². The minimum absolute atomic E-state index is 0.0522. The number of hydrogen-bond donors (Lipinski definition) is 0. The molecule has 0 heterocycles. The highest BCUT2D eigenvalue weighted by Crippen LogP contribution is 2.63. The summed E-state index contributed by atoms with van der Waals surface area (Å²) in [5.74, 6) is 0.0522. The van der Waals surface area contributed by atoms with Crippen molar-refractivity contribution >= 4 is 28.1 Å². The Hall–Kier alpha value is -5.53. The van der Waals surface area contributed by atoms with Crippen molar-refractivity contribution in [1.29, 1.82) is 0 Å². The maximum absolute atomic E-state index is 15.6. The van der Waals surface area contributed by atoms with Crippen molar-refractivity contribution in [3.63, 3.8) is 0 Å². The summed E-state index contributed by atoms with van der Waals surface area (Å²) < 4.78 is 0. The van der Waals surface area contributed by atoms with Gasteiger partial charge in [0.2, 0.25) is 0 Å². The number of hydrogen-bond acceptors (Lipinski definition) is 1. The number of carbonyl (C=O) groups is 1. The van der Waals surface area contributed by atoms with E-state index in [0.29, 0.717) is 5.56 Å². The molecule has 0 unspecified atom stereocenters. The summed E-state index contributed by atoms with van der Waals surface area (Å²) in [6.45, 7) is 0. The SMILES string of the molecule is O=C(c1ccccc1)C1(c2ccccc2)C(c2ccccc2)=C(c2ccccc2)C(c2ccccc2)=C1c1ccccc1. The van der Waals surface area contributed by atoms with E-state index >= 15 is 4.79 Å². The minimum Gasteiger partial charge on any atom is -0.292 e. The molecular weight excluding hydrogens is 520 g/mol. The van der Waals surface area contributed by atoms with E-state index in [1.54, 1.807) is 0 Å². The molecule has 0 saturated heterocycles. The fourth-order valence-corrected chi connectivity index (χ4v) is 6.61. The van der Waals surface area contributed by atoms with E-state index in [2.05, 4.69) is 109 Å². The van der Waals surface area contributed by atoms with Crippen LogP contribution in [0.25, 0.3) is 22.3 Å². The van der Waals surface area contributed by atoms with Crippen LogP contribution in [0.15, 0.2) is 182 Å². The highest BCUT2D eigenvalue weighted by molar-refractivity contribution is 6.39. The molecule has 0 aromatic heterocycles. The molecule has 6 aromatic carbocycles. The minimum atomic E-state index is -1.14. The van der Waals surface area contributed by atoms with Gasteiger partial charge in [-0.15, -0.1) is 0 Å². The summed E-state index contributed by atoms with van der Waals surface area (Å²) in [7, 11) is 0. The van der Waals surface area contributed by atoms with Crippen molar-refractivity contribution in [2.45, 2.75) is 5.41 Å². The molecule has 43 heavy (non-hydrogen) atoms. The Morgan fingerprint density at radius 3 is 1.02 bits per heavy atom. The van der Waals surface area contributed by atoms with E-state index in [0.717, 1.165) is 50.1 Å². The number of carbonyl (C=O) groups excluding carboxylic acids is 1. The van der Waals surface area contributed by atoms with Gasteiger partial charge in [-0.25, -0.2) is 0 Å². The normalized spacial score (nSPS) is 14.1. The lowest BCUT2D eigenvalue weighted by Crippen LogP contribution is -2.37. The maximum Gasteiger partial charge on any atom is 0.182 e. The molecule has 1 nitrogen and oxygen atoms in total. The Bertz CT molecular complexity index is 1820. The van der Waals surface area contributed by atoms with Crippen LogP contribution >= 0.6 is 0 Å². The number of Topliss-reactive ketones (excluding diaryl/α,β-unsaturated/α-hetero) is 1. The van der Waals surface area contributed by atoms with Crippen LogP contribution in [0.3, 0.4) is 0 Å². The van der Waals surface area contributed by atoms with Crippen LogP contribution in [0.1, 0.15) is 38.2 Å². The van der Waals surface area contributed by atoms with Gasteiger partial charge < -0.3 is 0 Å². The lowest BCUT2D eigenvalue weighted by molar-refractivity contribution is 0.0953. The molecule has 204 valence electrons. The number of ketones is 1. The molecule has 7 rings (SSSR count).